The minimum Gasteiger partial charge on any atom is -0.493 e. The number of rotatable bonds is 9. The van der Waals surface area contributed by atoms with Gasteiger partial charge in [0.15, 0.2) is 11.5 Å². The molecule has 7 nitrogen and oxygen atoms in total. The summed E-state index contributed by atoms with van der Waals surface area (Å²) in [5, 5.41) is 3.54. The number of anilines is 2. The Morgan fingerprint density at radius 2 is 1.83 bits per heavy atom. The highest BCUT2D eigenvalue weighted by molar-refractivity contribution is 5.92. The predicted molar refractivity (Wildman–Crippen MR) is 128 cm³/mol. The first kappa shape index (κ1) is 25.7. The van der Waals surface area contributed by atoms with Crippen LogP contribution in [0.25, 0.3) is 10.9 Å². The van der Waals surface area contributed by atoms with Crippen LogP contribution >= 0.6 is 0 Å². The Hall–Kier alpha value is -3.34. The average Bonchev–Trinajstić information content (AvgIpc) is 3.54. The predicted octanol–water partition coefficient (Wildman–Crippen LogP) is 5.81. The summed E-state index contributed by atoms with van der Waals surface area (Å²) in [5.41, 5.74) is 4.25. The summed E-state index contributed by atoms with van der Waals surface area (Å²) >= 11 is 0. The van der Waals surface area contributed by atoms with Gasteiger partial charge in [0.1, 0.15) is 24.1 Å². The fourth-order valence-corrected chi connectivity index (χ4v) is 3.87. The molecule has 1 aromatic heterocycles. The molecule has 1 aliphatic rings. The summed E-state index contributed by atoms with van der Waals surface area (Å²) < 4.78 is 71.9. The molecule has 1 fully saturated rings. The summed E-state index contributed by atoms with van der Waals surface area (Å²) in [7, 11) is 1.51. The molecule has 4 rings (SSSR count). The smallest absolute Gasteiger partial charge is 0.419 e. The molecule has 0 bridgehead atoms. The number of hydrogen-bond acceptors (Lipinski definition) is 7. The molecule has 0 saturated heterocycles. The Bertz CT molecular complexity index is 1280. The van der Waals surface area contributed by atoms with E-state index in [0.717, 1.165) is 12.8 Å². The van der Waals surface area contributed by atoms with E-state index in [9.17, 15) is 17.6 Å². The number of hydrogen-bond donors (Lipinski definition) is 2. The molecule has 0 amide bonds. The lowest BCUT2D eigenvalue weighted by Gasteiger charge is -2.20. The largest absolute Gasteiger partial charge is 0.493 e. The van der Waals surface area contributed by atoms with Crippen molar-refractivity contribution in [2.45, 2.75) is 51.4 Å². The molecule has 1 aliphatic carbocycles. The number of nitrogens with two attached hydrogens (primary N) is 1. The van der Waals surface area contributed by atoms with Gasteiger partial charge < -0.3 is 25.3 Å². The molecule has 194 valence electrons. The summed E-state index contributed by atoms with van der Waals surface area (Å²) in [6.07, 6.45) is -2.84. The molecule has 0 aliphatic heterocycles. The van der Waals surface area contributed by atoms with Gasteiger partial charge in [-0.2, -0.15) is 13.2 Å². The third kappa shape index (κ3) is 5.56. The van der Waals surface area contributed by atoms with Gasteiger partial charge >= 0.3 is 6.18 Å². The fourth-order valence-electron chi connectivity index (χ4n) is 3.87. The van der Waals surface area contributed by atoms with E-state index in [4.69, 9.17) is 19.9 Å². The van der Waals surface area contributed by atoms with Gasteiger partial charge in [0.25, 0.3) is 0 Å². The maximum Gasteiger partial charge on any atom is 0.419 e. The first-order valence-corrected chi connectivity index (χ1v) is 11.5. The monoisotopic (exact) mass is 508 g/mol. The molecular weight excluding hydrogens is 480 g/mol. The number of aromatic nitrogens is 2. The van der Waals surface area contributed by atoms with Gasteiger partial charge in [-0.3, -0.25) is 0 Å². The lowest BCUT2D eigenvalue weighted by Crippen LogP contribution is -2.16. The van der Waals surface area contributed by atoms with Crippen molar-refractivity contribution in [1.29, 1.82) is 0 Å². The zero-order valence-electron chi connectivity index (χ0n) is 20.4. The summed E-state index contributed by atoms with van der Waals surface area (Å²) in [5.74, 6) is 0.195. The molecule has 11 heteroatoms. The van der Waals surface area contributed by atoms with Crippen LogP contribution in [-0.2, 0) is 10.9 Å². The van der Waals surface area contributed by atoms with Gasteiger partial charge in [-0.15, -0.1) is 0 Å². The molecule has 1 saturated carbocycles. The van der Waals surface area contributed by atoms with Gasteiger partial charge in [-0.25, -0.2) is 14.4 Å². The van der Waals surface area contributed by atoms with Gasteiger partial charge in [0, 0.05) is 22.7 Å². The standard InChI is InChI=1S/C25H28F4N4O3/c1-13(16-9-15(30)10-18(22(16)26)25(27,28)29)31-23-17-11-21(35-7-8-36-24(3)5-6-24)20(34-4)12-19(17)32-14(2)33-23/h9-13H,5-8,30H2,1-4H3,(H,31,32,33)/t13-/m1/s1. The van der Waals surface area contributed by atoms with E-state index in [2.05, 4.69) is 15.3 Å². The van der Waals surface area contributed by atoms with Gasteiger partial charge in [0.2, 0.25) is 0 Å². The molecular formula is C25H28F4N4O3. The minimum absolute atomic E-state index is 0.0719. The van der Waals surface area contributed by atoms with Crippen LogP contribution in [0.1, 0.15) is 49.7 Å². The van der Waals surface area contributed by atoms with E-state index in [1.807, 2.05) is 6.92 Å². The second kappa shape index (κ2) is 9.61. The van der Waals surface area contributed by atoms with Crippen LogP contribution in [0.3, 0.4) is 0 Å². The van der Waals surface area contributed by atoms with Crippen LogP contribution in [-0.4, -0.2) is 35.9 Å². The number of halogens is 4. The summed E-state index contributed by atoms with van der Waals surface area (Å²) in [4.78, 5) is 8.83. The van der Waals surface area contributed by atoms with E-state index in [-0.39, 0.29) is 23.5 Å². The SMILES string of the molecule is COc1cc2nc(C)nc(N[C@H](C)c3cc(N)cc(C(F)(F)F)c3F)c2cc1OCCOC1(C)CC1. The number of nitrogen functional groups attached to an aromatic ring is 1. The van der Waals surface area contributed by atoms with Gasteiger partial charge in [-0.1, -0.05) is 0 Å². The van der Waals surface area contributed by atoms with E-state index < -0.39 is 23.6 Å². The second-order valence-electron chi connectivity index (χ2n) is 9.12. The molecule has 0 radical (unpaired) electrons. The van der Waals surface area contributed by atoms with Crippen LogP contribution in [0.2, 0.25) is 0 Å². The molecule has 3 aromatic rings. The van der Waals surface area contributed by atoms with Crippen LogP contribution in [0.4, 0.5) is 29.1 Å². The number of fused-ring (bicyclic) bond motifs is 1. The Morgan fingerprint density at radius 1 is 1.11 bits per heavy atom. The minimum atomic E-state index is -4.88. The van der Waals surface area contributed by atoms with E-state index in [1.165, 1.54) is 20.1 Å². The third-order valence-corrected chi connectivity index (χ3v) is 6.09. The quantitative estimate of drug-likeness (QED) is 0.214. The zero-order valence-corrected chi connectivity index (χ0v) is 20.4. The zero-order chi connectivity index (χ0) is 26.3. The first-order valence-electron chi connectivity index (χ1n) is 11.5. The second-order valence-corrected chi connectivity index (χ2v) is 9.12. The van der Waals surface area contributed by atoms with Crippen molar-refractivity contribution in [3.05, 3.63) is 47.0 Å². The third-order valence-electron chi connectivity index (χ3n) is 6.09. The highest BCUT2D eigenvalue weighted by atomic mass is 19.4. The van der Waals surface area contributed by atoms with Crippen molar-refractivity contribution in [2.24, 2.45) is 0 Å². The summed E-state index contributed by atoms with van der Waals surface area (Å²) in [6, 6.07) is 4.22. The van der Waals surface area contributed by atoms with E-state index in [0.29, 0.717) is 46.7 Å². The Kier molecular flexibility index (Phi) is 6.87. The fraction of sp³-hybridized carbons (Fsp3) is 0.440. The highest BCUT2D eigenvalue weighted by Crippen LogP contribution is 2.40. The lowest BCUT2D eigenvalue weighted by atomic mass is 10.0. The molecule has 1 atom stereocenters. The molecule has 1 heterocycles. The van der Waals surface area contributed by atoms with E-state index >= 15 is 0 Å². The maximum absolute atomic E-state index is 14.8. The molecule has 0 unspecified atom stereocenters. The molecule has 3 N–H and O–H groups in total. The molecule has 0 spiro atoms. The average molecular weight is 509 g/mol. The first-order chi connectivity index (χ1) is 16.9. The van der Waals surface area contributed by atoms with Crippen LogP contribution in [0, 0.1) is 12.7 Å². The van der Waals surface area contributed by atoms with Crippen LogP contribution < -0.4 is 20.5 Å². The number of methoxy groups -OCH3 is 1. The van der Waals surface area contributed by atoms with Gasteiger partial charge in [-0.05, 0) is 51.8 Å². The van der Waals surface area contributed by atoms with Crippen molar-refractivity contribution < 1.29 is 31.8 Å². The Morgan fingerprint density at radius 3 is 2.47 bits per heavy atom. The topological polar surface area (TPSA) is 91.5 Å². The lowest BCUT2D eigenvalue weighted by molar-refractivity contribution is -0.140. The number of ether oxygens (including phenoxy) is 3. The van der Waals surface area contributed by atoms with E-state index in [1.54, 1.807) is 19.1 Å². The number of nitrogens with zero attached hydrogens (tertiary/aromatic N) is 2. The number of aryl methyl sites for hydroxylation is 1. The molecule has 2 aromatic carbocycles. The highest BCUT2D eigenvalue weighted by Gasteiger charge is 2.38. The Labute approximate surface area is 206 Å². The number of alkyl halides is 3. The van der Waals surface area contributed by atoms with Crippen molar-refractivity contribution in [2.75, 3.05) is 31.4 Å². The van der Waals surface area contributed by atoms with Crippen LogP contribution in [0.15, 0.2) is 24.3 Å². The maximum atomic E-state index is 14.8. The number of nitrogens with one attached hydrogen (secondary N) is 1. The summed E-state index contributed by atoms with van der Waals surface area (Å²) in [6.45, 7) is 5.94. The van der Waals surface area contributed by atoms with Crippen LogP contribution in [0.5, 0.6) is 11.5 Å². The molecule has 36 heavy (non-hydrogen) atoms. The van der Waals surface area contributed by atoms with Crippen molar-refractivity contribution in [3.8, 4) is 11.5 Å². The normalized spacial score (nSPS) is 15.6. The Balaban J connectivity index is 1.65. The van der Waals surface area contributed by atoms with Crippen molar-refractivity contribution >= 4 is 22.4 Å². The van der Waals surface area contributed by atoms with Gasteiger partial charge in [0.05, 0.1) is 36.4 Å². The van der Waals surface area contributed by atoms with Crippen molar-refractivity contribution in [3.63, 3.8) is 0 Å². The van der Waals surface area contributed by atoms with Crippen molar-refractivity contribution in [1.82, 2.24) is 9.97 Å². The number of benzene rings is 2.